The zero-order chi connectivity index (χ0) is 29.1. The second-order valence-corrected chi connectivity index (χ2v) is 9.80. The molecule has 0 unspecified atom stereocenters. The molecule has 0 aliphatic rings. The van der Waals surface area contributed by atoms with Crippen molar-refractivity contribution in [3.63, 3.8) is 0 Å². The number of nitrogens with one attached hydrogen (secondary N) is 4. The molecular formula is C24H33N7O7S. The van der Waals surface area contributed by atoms with Gasteiger partial charge in [-0.25, -0.2) is 4.79 Å². The zero-order valence-corrected chi connectivity index (χ0v) is 22.1. The molecule has 1 aromatic carbocycles. The number of hydrogen-bond donors (Lipinski definition) is 8. The fourth-order valence-electron chi connectivity index (χ4n) is 3.77. The molecule has 15 heteroatoms. The van der Waals surface area contributed by atoms with E-state index in [1.165, 1.54) is 11.8 Å². The van der Waals surface area contributed by atoms with Crippen molar-refractivity contribution in [3.05, 3.63) is 36.0 Å². The van der Waals surface area contributed by atoms with Crippen molar-refractivity contribution in [2.75, 3.05) is 12.0 Å². The van der Waals surface area contributed by atoms with Crippen LogP contribution in [0.25, 0.3) is 10.9 Å². The minimum Gasteiger partial charge on any atom is -0.480 e. The number of thioether (sulfide) groups is 1. The molecule has 0 fully saturated rings. The third-order valence-electron chi connectivity index (χ3n) is 5.75. The third kappa shape index (κ3) is 9.61. The molecule has 0 aliphatic heterocycles. The van der Waals surface area contributed by atoms with E-state index in [9.17, 15) is 33.9 Å². The summed E-state index contributed by atoms with van der Waals surface area (Å²) in [4.78, 5) is 76.1. The average molecular weight is 564 g/mol. The molecule has 0 bridgehead atoms. The van der Waals surface area contributed by atoms with Crippen LogP contribution >= 0.6 is 11.8 Å². The number of primary amides is 2. The highest BCUT2D eigenvalue weighted by molar-refractivity contribution is 7.98. The Labute approximate surface area is 228 Å². The normalized spacial score (nSPS) is 14.0. The maximum atomic E-state index is 13.3. The number of aliphatic carboxylic acids is 1. The Morgan fingerprint density at radius 2 is 1.49 bits per heavy atom. The summed E-state index contributed by atoms with van der Waals surface area (Å²) >= 11 is 1.41. The first-order chi connectivity index (χ1) is 18.4. The molecule has 2 rings (SSSR count). The molecule has 0 radical (unpaired) electrons. The van der Waals surface area contributed by atoms with Crippen LogP contribution in [-0.4, -0.2) is 81.8 Å². The molecule has 0 spiro atoms. The summed E-state index contributed by atoms with van der Waals surface area (Å²) in [6, 6.07) is 1.94. The lowest BCUT2D eigenvalue weighted by Crippen LogP contribution is -2.58. The number of fused-ring (bicyclic) bond motifs is 1. The molecule has 0 saturated carbocycles. The van der Waals surface area contributed by atoms with Crippen LogP contribution in [0.2, 0.25) is 0 Å². The number of amides is 5. The molecule has 4 atom stereocenters. The Bertz CT molecular complexity index is 1220. The van der Waals surface area contributed by atoms with Gasteiger partial charge in [-0.05, 0) is 30.1 Å². The van der Waals surface area contributed by atoms with E-state index in [4.69, 9.17) is 17.2 Å². The highest BCUT2D eigenvalue weighted by Gasteiger charge is 2.31. The van der Waals surface area contributed by atoms with Gasteiger partial charge in [-0.3, -0.25) is 24.0 Å². The lowest BCUT2D eigenvalue weighted by molar-refractivity contribution is -0.143. The van der Waals surface area contributed by atoms with Crippen molar-refractivity contribution in [1.29, 1.82) is 0 Å². The number of rotatable bonds is 16. The molecular weight excluding hydrogens is 530 g/mol. The SMILES string of the molecule is CSCC[C@H](NC(=O)[C@@H](N)CC(N)=O)C(=O)N[C@@H](Cc1c[nH]c2ccccc12)C(=O)N[C@@H](CC(N)=O)C(=O)O. The van der Waals surface area contributed by atoms with E-state index in [0.717, 1.165) is 10.9 Å². The van der Waals surface area contributed by atoms with Crippen LogP contribution < -0.4 is 33.2 Å². The molecule has 11 N–H and O–H groups in total. The van der Waals surface area contributed by atoms with Gasteiger partial charge in [0.05, 0.1) is 18.9 Å². The van der Waals surface area contributed by atoms with Crippen LogP contribution in [0.3, 0.4) is 0 Å². The predicted octanol–water partition coefficient (Wildman–Crippen LogP) is -1.92. The summed E-state index contributed by atoms with van der Waals surface area (Å²) in [5.41, 5.74) is 17.3. The molecule has 39 heavy (non-hydrogen) atoms. The number of aromatic amines is 1. The number of carbonyl (C=O) groups is 6. The summed E-state index contributed by atoms with van der Waals surface area (Å²) in [6.07, 6.45) is 2.50. The number of benzene rings is 1. The molecule has 0 saturated heterocycles. The number of hydrogen-bond acceptors (Lipinski definition) is 8. The van der Waals surface area contributed by atoms with E-state index in [0.29, 0.717) is 11.3 Å². The quantitative estimate of drug-likeness (QED) is 0.113. The fraction of sp³-hybridized carbons (Fsp3) is 0.417. The number of nitrogens with two attached hydrogens (primary N) is 3. The summed E-state index contributed by atoms with van der Waals surface area (Å²) in [5.74, 6) is -5.13. The lowest BCUT2D eigenvalue weighted by atomic mass is 10.0. The highest BCUT2D eigenvalue weighted by atomic mass is 32.2. The Morgan fingerprint density at radius 1 is 0.897 bits per heavy atom. The Morgan fingerprint density at radius 3 is 2.10 bits per heavy atom. The third-order valence-corrected chi connectivity index (χ3v) is 6.40. The first kappa shape index (κ1) is 31.1. The largest absolute Gasteiger partial charge is 0.480 e. The van der Waals surface area contributed by atoms with E-state index in [2.05, 4.69) is 20.9 Å². The van der Waals surface area contributed by atoms with Crippen molar-refractivity contribution < 1.29 is 33.9 Å². The van der Waals surface area contributed by atoms with Crippen LogP contribution in [0.4, 0.5) is 0 Å². The van der Waals surface area contributed by atoms with E-state index >= 15 is 0 Å². The van der Waals surface area contributed by atoms with Crippen LogP contribution in [0.15, 0.2) is 30.5 Å². The second kappa shape index (κ2) is 14.7. The highest BCUT2D eigenvalue weighted by Crippen LogP contribution is 2.19. The van der Waals surface area contributed by atoms with E-state index in [-0.39, 0.29) is 12.8 Å². The predicted molar refractivity (Wildman–Crippen MR) is 144 cm³/mol. The van der Waals surface area contributed by atoms with Crippen molar-refractivity contribution in [3.8, 4) is 0 Å². The Kier molecular flexibility index (Phi) is 11.7. The summed E-state index contributed by atoms with van der Waals surface area (Å²) in [5, 5.41) is 17.5. The van der Waals surface area contributed by atoms with Crippen molar-refractivity contribution in [2.24, 2.45) is 17.2 Å². The summed E-state index contributed by atoms with van der Waals surface area (Å²) < 4.78 is 0. The van der Waals surface area contributed by atoms with Crippen LogP contribution in [-0.2, 0) is 35.2 Å². The minimum absolute atomic E-state index is 0.0467. The monoisotopic (exact) mass is 563 g/mol. The fourth-order valence-corrected chi connectivity index (χ4v) is 4.24. The van der Waals surface area contributed by atoms with Gasteiger partial charge in [-0.2, -0.15) is 11.8 Å². The van der Waals surface area contributed by atoms with Gasteiger partial charge in [0, 0.05) is 23.5 Å². The molecule has 5 amide bonds. The maximum Gasteiger partial charge on any atom is 0.326 e. The van der Waals surface area contributed by atoms with Crippen molar-refractivity contribution in [2.45, 2.75) is 49.9 Å². The van der Waals surface area contributed by atoms with Crippen LogP contribution in [0, 0.1) is 0 Å². The van der Waals surface area contributed by atoms with Gasteiger partial charge < -0.3 is 43.2 Å². The molecule has 14 nitrogen and oxygen atoms in total. The second-order valence-electron chi connectivity index (χ2n) is 8.81. The molecule has 1 aromatic heterocycles. The number of carboxylic acid groups (broad SMARTS) is 1. The molecule has 0 aliphatic carbocycles. The number of H-pyrrole nitrogens is 1. The van der Waals surface area contributed by atoms with E-state index < -0.39 is 72.5 Å². The van der Waals surface area contributed by atoms with Gasteiger partial charge in [-0.1, -0.05) is 18.2 Å². The zero-order valence-electron chi connectivity index (χ0n) is 21.3. The first-order valence-electron chi connectivity index (χ1n) is 11.9. The topological polar surface area (TPSA) is 253 Å². The summed E-state index contributed by atoms with van der Waals surface area (Å²) in [7, 11) is 0. The van der Waals surface area contributed by atoms with Gasteiger partial charge in [0.2, 0.25) is 29.5 Å². The first-order valence-corrected chi connectivity index (χ1v) is 13.3. The van der Waals surface area contributed by atoms with Crippen molar-refractivity contribution in [1.82, 2.24) is 20.9 Å². The molecule has 212 valence electrons. The Balaban J connectivity index is 2.32. The summed E-state index contributed by atoms with van der Waals surface area (Å²) in [6.45, 7) is 0. The van der Waals surface area contributed by atoms with Crippen molar-refractivity contribution >= 4 is 58.2 Å². The van der Waals surface area contributed by atoms with Crippen LogP contribution in [0.1, 0.15) is 24.8 Å². The van der Waals surface area contributed by atoms with E-state index in [1.54, 1.807) is 18.5 Å². The Hall–Kier alpha value is -4.11. The number of carbonyl (C=O) groups excluding carboxylic acids is 5. The number of para-hydroxylation sites is 1. The molecule has 2 aromatic rings. The number of carboxylic acids is 1. The maximum absolute atomic E-state index is 13.3. The van der Waals surface area contributed by atoms with Gasteiger partial charge in [-0.15, -0.1) is 0 Å². The standard InChI is InChI=1S/C24H33N7O7S/c1-39-7-6-16(29-21(34)14(25)9-19(26)32)22(35)30-17(23(36)31-18(24(37)38)10-20(27)33)8-12-11-28-15-5-3-2-4-13(12)15/h2-5,11,14,16-18,28H,6-10,25H2,1H3,(H2,26,32)(H2,27,33)(H,29,34)(H,30,35)(H,31,36)(H,37,38)/t14-,16-,17-,18-/m0/s1. The van der Waals surface area contributed by atoms with Gasteiger partial charge in [0.1, 0.15) is 18.1 Å². The number of aromatic nitrogens is 1. The molecule has 1 heterocycles. The lowest BCUT2D eigenvalue weighted by Gasteiger charge is -2.25. The van der Waals surface area contributed by atoms with Gasteiger partial charge in [0.25, 0.3) is 0 Å². The smallest absolute Gasteiger partial charge is 0.326 e. The van der Waals surface area contributed by atoms with E-state index in [1.807, 2.05) is 18.2 Å². The van der Waals surface area contributed by atoms with Gasteiger partial charge in [0.15, 0.2) is 0 Å². The minimum atomic E-state index is -1.61. The average Bonchev–Trinajstić information content (AvgIpc) is 3.27. The van der Waals surface area contributed by atoms with Crippen LogP contribution in [0.5, 0.6) is 0 Å². The van der Waals surface area contributed by atoms with Gasteiger partial charge >= 0.3 is 5.97 Å².